The van der Waals surface area contributed by atoms with Gasteiger partial charge in [-0.15, -0.1) is 0 Å². The number of hydrogen-bond acceptors (Lipinski definition) is 3. The molecule has 4 N–H and O–H groups in total. The minimum Gasteiger partial charge on any atom is -0.480 e. The molecule has 0 aliphatic carbocycles. The molecule has 0 saturated carbocycles. The molecule has 0 aliphatic rings. The van der Waals surface area contributed by atoms with E-state index in [-0.39, 0.29) is 5.91 Å². The molecule has 0 spiro atoms. The Morgan fingerprint density at radius 1 is 1.12 bits per heavy atom. The van der Waals surface area contributed by atoms with Crippen LogP contribution in [0.2, 0.25) is 5.02 Å². The van der Waals surface area contributed by atoms with Crippen molar-refractivity contribution < 1.29 is 14.3 Å². The average Bonchev–Trinajstić information content (AvgIpc) is 2.51. The highest BCUT2D eigenvalue weighted by Crippen LogP contribution is 2.28. The van der Waals surface area contributed by atoms with Crippen molar-refractivity contribution in [3.63, 3.8) is 0 Å². The lowest BCUT2D eigenvalue weighted by molar-refractivity contribution is -0.122. The number of benzene rings is 2. The van der Waals surface area contributed by atoms with E-state index in [0.717, 1.165) is 0 Å². The van der Waals surface area contributed by atoms with E-state index in [1.54, 1.807) is 49.4 Å². The van der Waals surface area contributed by atoms with E-state index in [4.69, 9.17) is 22.1 Å². The molecule has 0 heterocycles. The molecular formula is C16H15BrClN3O3. The van der Waals surface area contributed by atoms with E-state index in [1.165, 1.54) is 0 Å². The van der Waals surface area contributed by atoms with E-state index in [1.807, 2.05) is 0 Å². The molecule has 0 aromatic heterocycles. The molecule has 0 fully saturated rings. The van der Waals surface area contributed by atoms with Crippen LogP contribution in [0, 0.1) is 0 Å². The van der Waals surface area contributed by atoms with E-state index < -0.39 is 12.1 Å². The first kappa shape index (κ1) is 18.1. The second-order valence-electron chi connectivity index (χ2n) is 4.89. The topological polar surface area (TPSA) is 93.4 Å². The molecule has 3 amide bonds. The van der Waals surface area contributed by atoms with Crippen LogP contribution in [0.1, 0.15) is 6.92 Å². The predicted molar refractivity (Wildman–Crippen MR) is 97.5 cm³/mol. The van der Waals surface area contributed by atoms with Crippen molar-refractivity contribution >= 4 is 50.8 Å². The number of rotatable bonds is 5. The number of carbonyl (C=O) groups excluding carboxylic acids is 2. The number of carbonyl (C=O) groups is 2. The Balaban J connectivity index is 1.97. The fraction of sp³-hybridized carbons (Fsp3) is 0.125. The van der Waals surface area contributed by atoms with Gasteiger partial charge in [-0.1, -0.05) is 11.6 Å². The molecule has 2 aromatic rings. The van der Waals surface area contributed by atoms with Crippen LogP contribution in [0.5, 0.6) is 5.75 Å². The maximum absolute atomic E-state index is 12.2. The Hall–Kier alpha value is -2.25. The van der Waals surface area contributed by atoms with Crippen LogP contribution >= 0.6 is 27.5 Å². The maximum atomic E-state index is 12.2. The second kappa shape index (κ2) is 8.03. The normalized spacial score (nSPS) is 11.5. The number of urea groups is 1. The monoisotopic (exact) mass is 411 g/mol. The number of hydrogen-bond donors (Lipinski definition) is 3. The van der Waals surface area contributed by atoms with Crippen LogP contribution in [0.15, 0.2) is 46.9 Å². The minimum absolute atomic E-state index is 0.313. The van der Waals surface area contributed by atoms with Gasteiger partial charge in [-0.05, 0) is 65.3 Å². The lowest BCUT2D eigenvalue weighted by Crippen LogP contribution is -2.30. The third-order valence-electron chi connectivity index (χ3n) is 2.99. The zero-order valence-electron chi connectivity index (χ0n) is 12.7. The first-order valence-electron chi connectivity index (χ1n) is 6.94. The summed E-state index contributed by atoms with van der Waals surface area (Å²) in [4.78, 5) is 22.9. The van der Waals surface area contributed by atoms with Gasteiger partial charge in [0.25, 0.3) is 5.91 Å². The first-order valence-corrected chi connectivity index (χ1v) is 8.11. The van der Waals surface area contributed by atoms with Crippen LogP contribution in [0.25, 0.3) is 0 Å². The summed E-state index contributed by atoms with van der Waals surface area (Å²) in [5, 5.41) is 5.73. The highest BCUT2D eigenvalue weighted by atomic mass is 79.9. The number of ether oxygens (including phenoxy) is 1. The quantitative estimate of drug-likeness (QED) is 0.693. The van der Waals surface area contributed by atoms with Crippen LogP contribution in [-0.4, -0.2) is 18.0 Å². The molecule has 1 unspecified atom stereocenters. The lowest BCUT2D eigenvalue weighted by Gasteiger charge is -2.16. The van der Waals surface area contributed by atoms with Gasteiger partial charge < -0.3 is 21.1 Å². The Morgan fingerprint density at radius 2 is 1.71 bits per heavy atom. The van der Waals surface area contributed by atoms with Crippen molar-refractivity contribution in [3.05, 3.63) is 52.0 Å². The van der Waals surface area contributed by atoms with Crippen molar-refractivity contribution in [2.45, 2.75) is 13.0 Å². The van der Waals surface area contributed by atoms with E-state index in [9.17, 15) is 9.59 Å². The summed E-state index contributed by atoms with van der Waals surface area (Å²) in [6.07, 6.45) is -0.717. The summed E-state index contributed by atoms with van der Waals surface area (Å²) in [6.45, 7) is 1.64. The SMILES string of the molecule is CC(Oc1ccc(Cl)cc1Br)C(=O)Nc1ccc(NC(N)=O)cc1. The predicted octanol–water partition coefficient (Wildman–Crippen LogP) is 4.00. The summed E-state index contributed by atoms with van der Waals surface area (Å²) in [5.41, 5.74) is 6.14. The number of nitrogens with one attached hydrogen (secondary N) is 2. The number of amides is 3. The largest absolute Gasteiger partial charge is 0.480 e. The number of nitrogens with two attached hydrogens (primary N) is 1. The molecule has 6 nitrogen and oxygen atoms in total. The molecule has 0 radical (unpaired) electrons. The average molecular weight is 413 g/mol. The highest BCUT2D eigenvalue weighted by molar-refractivity contribution is 9.10. The van der Waals surface area contributed by atoms with Crippen LogP contribution < -0.4 is 21.1 Å². The third kappa shape index (κ3) is 5.14. The number of primary amides is 1. The first-order chi connectivity index (χ1) is 11.3. The van der Waals surface area contributed by atoms with Gasteiger partial charge in [0.15, 0.2) is 6.10 Å². The van der Waals surface area contributed by atoms with Crippen LogP contribution in [0.3, 0.4) is 0 Å². The third-order valence-corrected chi connectivity index (χ3v) is 3.84. The highest BCUT2D eigenvalue weighted by Gasteiger charge is 2.16. The molecule has 2 aromatic carbocycles. The molecule has 0 saturated heterocycles. The summed E-state index contributed by atoms with van der Waals surface area (Å²) in [7, 11) is 0. The Labute approximate surface area is 152 Å². The van der Waals surface area contributed by atoms with Crippen molar-refractivity contribution in [2.75, 3.05) is 10.6 Å². The van der Waals surface area contributed by atoms with Gasteiger partial charge in [0.1, 0.15) is 5.75 Å². The van der Waals surface area contributed by atoms with E-state index in [0.29, 0.717) is 26.6 Å². The molecule has 0 aliphatic heterocycles. The molecule has 24 heavy (non-hydrogen) atoms. The van der Waals surface area contributed by atoms with Crippen molar-refractivity contribution in [1.82, 2.24) is 0 Å². The molecule has 0 bridgehead atoms. The van der Waals surface area contributed by atoms with Crippen molar-refractivity contribution in [2.24, 2.45) is 5.73 Å². The zero-order valence-corrected chi connectivity index (χ0v) is 15.0. The van der Waals surface area contributed by atoms with Gasteiger partial charge in [-0.3, -0.25) is 4.79 Å². The lowest BCUT2D eigenvalue weighted by atomic mass is 10.2. The summed E-state index contributed by atoms with van der Waals surface area (Å²) < 4.78 is 6.28. The van der Waals surface area contributed by atoms with Gasteiger partial charge in [-0.25, -0.2) is 4.79 Å². The van der Waals surface area contributed by atoms with Gasteiger partial charge in [0.05, 0.1) is 4.47 Å². The summed E-state index contributed by atoms with van der Waals surface area (Å²) in [6, 6.07) is 10.9. The molecule has 8 heteroatoms. The Kier molecular flexibility index (Phi) is 6.05. The maximum Gasteiger partial charge on any atom is 0.316 e. The van der Waals surface area contributed by atoms with E-state index in [2.05, 4.69) is 26.6 Å². The molecule has 2 rings (SSSR count). The minimum atomic E-state index is -0.717. The van der Waals surface area contributed by atoms with Crippen molar-refractivity contribution in [3.8, 4) is 5.75 Å². The van der Waals surface area contributed by atoms with E-state index >= 15 is 0 Å². The summed E-state index contributed by atoms with van der Waals surface area (Å²) in [5.74, 6) is 0.204. The van der Waals surface area contributed by atoms with Gasteiger partial charge in [0, 0.05) is 16.4 Å². The number of halogens is 2. The van der Waals surface area contributed by atoms with Gasteiger partial charge in [-0.2, -0.15) is 0 Å². The standard InChI is InChI=1S/C16H15BrClN3O3/c1-9(24-14-7-2-10(18)8-13(14)17)15(22)20-11-3-5-12(6-4-11)21-16(19)23/h2-9H,1H3,(H,20,22)(H3,19,21,23). The summed E-state index contributed by atoms with van der Waals surface area (Å²) >= 11 is 9.20. The smallest absolute Gasteiger partial charge is 0.316 e. The van der Waals surface area contributed by atoms with Crippen LogP contribution in [0.4, 0.5) is 16.2 Å². The Morgan fingerprint density at radius 3 is 2.25 bits per heavy atom. The second-order valence-corrected chi connectivity index (χ2v) is 6.18. The molecular weight excluding hydrogens is 398 g/mol. The van der Waals surface area contributed by atoms with Gasteiger partial charge >= 0.3 is 6.03 Å². The van der Waals surface area contributed by atoms with Crippen molar-refractivity contribution in [1.29, 1.82) is 0 Å². The zero-order chi connectivity index (χ0) is 17.7. The van der Waals surface area contributed by atoms with Gasteiger partial charge in [0.2, 0.25) is 0 Å². The fourth-order valence-corrected chi connectivity index (χ4v) is 2.61. The molecule has 1 atom stereocenters. The van der Waals surface area contributed by atoms with Crippen LogP contribution in [-0.2, 0) is 4.79 Å². The Bertz CT molecular complexity index is 753. The number of anilines is 2. The molecule has 126 valence electrons. The fourth-order valence-electron chi connectivity index (χ4n) is 1.84.